The largest absolute Gasteiger partial charge is 0.476 e. The zero-order valence-electron chi connectivity index (χ0n) is 7.07. The highest BCUT2D eigenvalue weighted by Crippen LogP contribution is 2.11. The quantitative estimate of drug-likeness (QED) is 0.797. The van der Waals surface area contributed by atoms with Crippen molar-refractivity contribution in [3.05, 3.63) is 15.5 Å². The number of nitrogens with zero attached hydrogens (tertiary/aromatic N) is 2. The highest BCUT2D eigenvalue weighted by Gasteiger charge is 2.16. The summed E-state index contributed by atoms with van der Waals surface area (Å²) in [7, 11) is 0. The van der Waals surface area contributed by atoms with E-state index in [9.17, 15) is 4.79 Å². The van der Waals surface area contributed by atoms with Gasteiger partial charge in [-0.3, -0.25) is 4.68 Å². The topological polar surface area (TPSA) is 81.1 Å². The van der Waals surface area contributed by atoms with E-state index in [0.717, 1.165) is 0 Å². The Morgan fingerprint density at radius 2 is 2.54 bits per heavy atom. The molecule has 0 fully saturated rings. The van der Waals surface area contributed by atoms with Gasteiger partial charge in [0.05, 0.1) is 16.3 Å². The molecule has 0 amide bonds. The molecule has 72 valence electrons. The molecule has 5 nitrogen and oxygen atoms in total. The summed E-state index contributed by atoms with van der Waals surface area (Å²) in [4.78, 5) is 10.8. The summed E-state index contributed by atoms with van der Waals surface area (Å²) in [6, 6.07) is -0.103. The second-order valence-electron chi connectivity index (χ2n) is 2.81. The van der Waals surface area contributed by atoms with Crippen LogP contribution in [0.2, 0.25) is 0 Å². The van der Waals surface area contributed by atoms with Crippen molar-refractivity contribution < 1.29 is 9.90 Å². The Labute approximate surface area is 89.1 Å². The Hall–Kier alpha value is -0.630. The molecule has 1 rings (SSSR count). The number of aromatic carboxylic acids is 1. The SMILES string of the molecule is C[C@H](N)Cn1ncc(I)c1C(=O)O. The van der Waals surface area contributed by atoms with E-state index in [2.05, 4.69) is 5.10 Å². The van der Waals surface area contributed by atoms with Crippen molar-refractivity contribution in [2.75, 3.05) is 0 Å². The molecule has 1 heterocycles. The molecule has 0 aliphatic rings. The van der Waals surface area contributed by atoms with Crippen LogP contribution in [0.4, 0.5) is 0 Å². The predicted octanol–water partition coefficient (Wildman–Crippen LogP) is 0.533. The average Bonchev–Trinajstić information content (AvgIpc) is 2.30. The van der Waals surface area contributed by atoms with Crippen LogP contribution in [0, 0.1) is 3.57 Å². The normalized spacial score (nSPS) is 12.8. The molecule has 0 aromatic carbocycles. The van der Waals surface area contributed by atoms with Crippen molar-refractivity contribution in [2.24, 2.45) is 5.73 Å². The Morgan fingerprint density at radius 1 is 1.92 bits per heavy atom. The first kappa shape index (κ1) is 10.5. The van der Waals surface area contributed by atoms with Crippen molar-refractivity contribution >= 4 is 28.6 Å². The van der Waals surface area contributed by atoms with Crippen LogP contribution in [0.3, 0.4) is 0 Å². The van der Waals surface area contributed by atoms with E-state index in [-0.39, 0.29) is 11.7 Å². The summed E-state index contributed by atoms with van der Waals surface area (Å²) in [6.45, 7) is 2.23. The molecule has 0 radical (unpaired) electrons. The summed E-state index contributed by atoms with van der Waals surface area (Å²) in [5.74, 6) is -0.970. The molecule has 3 N–H and O–H groups in total. The molecule has 0 saturated carbocycles. The monoisotopic (exact) mass is 295 g/mol. The van der Waals surface area contributed by atoms with Crippen LogP contribution in [-0.2, 0) is 6.54 Å². The van der Waals surface area contributed by atoms with E-state index in [4.69, 9.17) is 10.8 Å². The van der Waals surface area contributed by atoms with Crippen LogP contribution in [0.1, 0.15) is 17.4 Å². The van der Waals surface area contributed by atoms with Gasteiger partial charge in [-0.1, -0.05) is 0 Å². The number of hydrogen-bond donors (Lipinski definition) is 2. The standard InChI is InChI=1S/C7H10IN3O2/c1-4(9)3-11-6(7(12)13)5(8)2-10-11/h2,4H,3,9H2,1H3,(H,12,13)/t4-/m0/s1. The van der Waals surface area contributed by atoms with E-state index in [1.54, 1.807) is 6.92 Å². The Kier molecular flexibility index (Phi) is 3.26. The third-order valence-corrected chi connectivity index (χ3v) is 2.25. The van der Waals surface area contributed by atoms with Crippen LogP contribution < -0.4 is 5.73 Å². The second-order valence-corrected chi connectivity index (χ2v) is 3.97. The molecule has 1 aromatic rings. The summed E-state index contributed by atoms with van der Waals surface area (Å²) >= 11 is 1.94. The smallest absolute Gasteiger partial charge is 0.355 e. The van der Waals surface area contributed by atoms with Gasteiger partial charge in [0.1, 0.15) is 0 Å². The van der Waals surface area contributed by atoms with Gasteiger partial charge in [-0.05, 0) is 29.5 Å². The zero-order valence-corrected chi connectivity index (χ0v) is 9.22. The van der Waals surface area contributed by atoms with Crippen LogP contribution in [-0.4, -0.2) is 26.9 Å². The number of rotatable bonds is 3. The molecular formula is C7H10IN3O2. The van der Waals surface area contributed by atoms with E-state index >= 15 is 0 Å². The third-order valence-electron chi connectivity index (χ3n) is 1.46. The summed E-state index contributed by atoms with van der Waals surface area (Å²) in [5.41, 5.74) is 5.75. The highest BCUT2D eigenvalue weighted by molar-refractivity contribution is 14.1. The fourth-order valence-electron chi connectivity index (χ4n) is 0.986. The zero-order chi connectivity index (χ0) is 10.0. The third kappa shape index (κ3) is 2.41. The number of carboxylic acid groups (broad SMARTS) is 1. The van der Waals surface area contributed by atoms with E-state index < -0.39 is 5.97 Å². The summed E-state index contributed by atoms with van der Waals surface area (Å²) in [6.07, 6.45) is 1.52. The molecule has 0 aliphatic carbocycles. The lowest BCUT2D eigenvalue weighted by molar-refractivity contribution is 0.0681. The molecule has 0 unspecified atom stereocenters. The number of aromatic nitrogens is 2. The van der Waals surface area contributed by atoms with Gasteiger partial charge in [-0.2, -0.15) is 5.10 Å². The molecule has 1 atom stereocenters. The van der Waals surface area contributed by atoms with Gasteiger partial charge < -0.3 is 10.8 Å². The minimum absolute atomic E-state index is 0.103. The lowest BCUT2D eigenvalue weighted by Crippen LogP contribution is -2.25. The minimum atomic E-state index is -0.970. The molecule has 6 heteroatoms. The molecule has 0 saturated heterocycles. The maximum Gasteiger partial charge on any atom is 0.355 e. The van der Waals surface area contributed by atoms with Crippen molar-refractivity contribution in [1.82, 2.24) is 9.78 Å². The van der Waals surface area contributed by atoms with Crippen molar-refractivity contribution in [3.8, 4) is 0 Å². The first-order valence-electron chi connectivity index (χ1n) is 3.72. The van der Waals surface area contributed by atoms with E-state index in [0.29, 0.717) is 10.1 Å². The molecule has 0 aliphatic heterocycles. The number of carbonyl (C=O) groups is 1. The predicted molar refractivity (Wildman–Crippen MR) is 55.6 cm³/mol. The fourth-order valence-corrected chi connectivity index (χ4v) is 1.62. The van der Waals surface area contributed by atoms with Gasteiger partial charge in [0, 0.05) is 6.04 Å². The van der Waals surface area contributed by atoms with Crippen LogP contribution in [0.5, 0.6) is 0 Å². The van der Waals surface area contributed by atoms with Gasteiger partial charge in [0.25, 0.3) is 0 Å². The number of halogens is 1. The maximum absolute atomic E-state index is 10.8. The highest BCUT2D eigenvalue weighted by atomic mass is 127. The Balaban J connectivity index is 3.00. The van der Waals surface area contributed by atoms with Gasteiger partial charge in [0.2, 0.25) is 0 Å². The van der Waals surface area contributed by atoms with E-state index in [1.807, 2.05) is 22.6 Å². The Morgan fingerprint density at radius 3 is 3.00 bits per heavy atom. The number of carboxylic acids is 1. The maximum atomic E-state index is 10.8. The van der Waals surface area contributed by atoms with Crippen molar-refractivity contribution in [2.45, 2.75) is 19.5 Å². The molecular weight excluding hydrogens is 285 g/mol. The molecule has 1 aromatic heterocycles. The Bertz CT molecular complexity index is 322. The lowest BCUT2D eigenvalue weighted by Gasteiger charge is -2.06. The average molecular weight is 295 g/mol. The molecule has 0 bridgehead atoms. The van der Waals surface area contributed by atoms with Gasteiger partial charge in [0.15, 0.2) is 5.69 Å². The summed E-state index contributed by atoms with van der Waals surface area (Å²) < 4.78 is 2.04. The first-order valence-corrected chi connectivity index (χ1v) is 4.80. The van der Waals surface area contributed by atoms with Crippen LogP contribution in [0.25, 0.3) is 0 Å². The van der Waals surface area contributed by atoms with Gasteiger partial charge >= 0.3 is 5.97 Å². The number of nitrogens with two attached hydrogens (primary N) is 1. The van der Waals surface area contributed by atoms with Gasteiger partial charge in [-0.25, -0.2) is 4.79 Å². The lowest BCUT2D eigenvalue weighted by atomic mass is 10.3. The van der Waals surface area contributed by atoms with Crippen molar-refractivity contribution in [1.29, 1.82) is 0 Å². The van der Waals surface area contributed by atoms with Crippen LogP contribution in [0.15, 0.2) is 6.20 Å². The van der Waals surface area contributed by atoms with Crippen molar-refractivity contribution in [3.63, 3.8) is 0 Å². The van der Waals surface area contributed by atoms with E-state index in [1.165, 1.54) is 10.9 Å². The summed E-state index contributed by atoms with van der Waals surface area (Å²) in [5, 5.41) is 12.8. The number of hydrogen-bond acceptors (Lipinski definition) is 3. The molecule has 0 spiro atoms. The first-order chi connectivity index (χ1) is 6.02. The fraction of sp³-hybridized carbons (Fsp3) is 0.429. The van der Waals surface area contributed by atoms with Crippen LogP contribution >= 0.6 is 22.6 Å². The minimum Gasteiger partial charge on any atom is -0.476 e. The second kappa shape index (κ2) is 4.05. The molecule has 13 heavy (non-hydrogen) atoms. The van der Waals surface area contributed by atoms with Gasteiger partial charge in [-0.15, -0.1) is 0 Å².